The molecule has 0 atom stereocenters. The summed E-state index contributed by atoms with van der Waals surface area (Å²) in [6.45, 7) is 1.50. The number of aromatic nitrogens is 2. The first-order valence-electron chi connectivity index (χ1n) is 12.0. The molecule has 0 saturated carbocycles. The maximum Gasteiger partial charge on any atom is 0.296 e. The molecule has 0 spiro atoms. The van der Waals surface area contributed by atoms with Crippen molar-refractivity contribution in [1.29, 1.82) is 5.26 Å². The van der Waals surface area contributed by atoms with Gasteiger partial charge in [-0.1, -0.05) is 12.1 Å². The van der Waals surface area contributed by atoms with E-state index in [0.717, 1.165) is 24.3 Å². The second-order valence-corrected chi connectivity index (χ2v) is 11.7. The Bertz CT molecular complexity index is 2180. The predicted octanol–water partition coefficient (Wildman–Crippen LogP) is 4.37. The molecule has 3 N–H and O–H groups in total. The number of hydrazone groups is 1. The average Bonchev–Trinajstić information content (AvgIpc) is 3.35. The van der Waals surface area contributed by atoms with E-state index in [1.54, 1.807) is 24.3 Å². The largest absolute Gasteiger partial charge is 0.494 e. The van der Waals surface area contributed by atoms with Gasteiger partial charge in [0.15, 0.2) is 11.5 Å². The van der Waals surface area contributed by atoms with Gasteiger partial charge in [0.25, 0.3) is 26.1 Å². The molecule has 15 nitrogen and oxygen atoms in total. The topological polar surface area (TPSA) is 226 Å². The number of ether oxygens (including phenoxy) is 1. The zero-order valence-corrected chi connectivity index (χ0v) is 23.8. The number of imidazole rings is 1. The number of benzene rings is 3. The maximum atomic E-state index is 13.5. The summed E-state index contributed by atoms with van der Waals surface area (Å²) in [4.78, 5) is 16.8. The molecule has 0 saturated heterocycles. The van der Waals surface area contributed by atoms with E-state index in [9.17, 15) is 31.4 Å². The van der Waals surface area contributed by atoms with Crippen molar-refractivity contribution in [3.8, 4) is 11.8 Å². The van der Waals surface area contributed by atoms with Crippen LogP contribution in [-0.4, -0.2) is 54.2 Å². The minimum atomic E-state index is -4.90. The first-order valence-corrected chi connectivity index (χ1v) is 14.9. The van der Waals surface area contributed by atoms with Crippen molar-refractivity contribution in [2.75, 3.05) is 12.5 Å². The number of nitrogens with one attached hydrogen (secondary N) is 1. The van der Waals surface area contributed by atoms with Crippen molar-refractivity contribution >= 4 is 65.5 Å². The number of nitriles is 1. The second kappa shape index (κ2) is 10.8. The Labute approximate surface area is 244 Å². The van der Waals surface area contributed by atoms with Crippen LogP contribution < -0.4 is 10.2 Å². The zero-order chi connectivity index (χ0) is 31.1. The molecule has 0 bridgehead atoms. The number of para-hydroxylation sites is 2. The second-order valence-electron chi connectivity index (χ2n) is 8.91. The Balaban J connectivity index is 1.55. The highest BCUT2D eigenvalue weighted by Gasteiger charge is 2.32. The maximum absolute atomic E-state index is 13.5. The molecular weight excluding hydrogens is 602 g/mol. The van der Waals surface area contributed by atoms with Crippen molar-refractivity contribution in [2.45, 2.75) is 16.7 Å². The van der Waals surface area contributed by atoms with E-state index < -0.39 is 31.0 Å². The Morgan fingerprint density at radius 2 is 1.70 bits per heavy atom. The zero-order valence-electron chi connectivity index (χ0n) is 22.1. The Morgan fingerprint density at radius 1 is 1.00 bits per heavy atom. The molecule has 43 heavy (non-hydrogen) atoms. The number of nitrogens with zero attached hydrogens (tertiary/aromatic N) is 6. The van der Waals surface area contributed by atoms with Gasteiger partial charge in [-0.2, -0.15) is 32.3 Å². The van der Waals surface area contributed by atoms with Crippen LogP contribution in [-0.2, 0) is 20.2 Å². The SMILES string of the molecule is COc1cc(N/N=C2/C(=O)n3c(nc4ccccc43)C(C#N)=C2C)c(S(=O)(=O)O)cc1/N=N\c1ccc(S(=O)(=O)O)cc1. The summed E-state index contributed by atoms with van der Waals surface area (Å²) >= 11 is 0. The number of anilines is 1. The van der Waals surface area contributed by atoms with Crippen molar-refractivity contribution < 1.29 is 35.5 Å². The molecule has 1 aliphatic heterocycles. The highest BCUT2D eigenvalue weighted by atomic mass is 32.2. The van der Waals surface area contributed by atoms with Gasteiger partial charge >= 0.3 is 0 Å². The van der Waals surface area contributed by atoms with Gasteiger partial charge in [0.1, 0.15) is 28.0 Å². The van der Waals surface area contributed by atoms with Crippen LogP contribution in [0.3, 0.4) is 0 Å². The van der Waals surface area contributed by atoms with Crippen LogP contribution in [0.25, 0.3) is 16.6 Å². The molecule has 1 aliphatic rings. The monoisotopic (exact) mass is 621 g/mol. The first kappa shape index (κ1) is 29.2. The Kier molecular flexibility index (Phi) is 7.37. The van der Waals surface area contributed by atoms with E-state index >= 15 is 0 Å². The molecular formula is C26H19N7O8S2. The molecule has 0 fully saturated rings. The molecule has 0 unspecified atom stereocenters. The van der Waals surface area contributed by atoms with Crippen LogP contribution in [0.4, 0.5) is 17.1 Å². The molecule has 218 valence electrons. The average molecular weight is 622 g/mol. The third-order valence-corrected chi connectivity index (χ3v) is 8.05. The fraction of sp³-hybridized carbons (Fsp3) is 0.0769. The van der Waals surface area contributed by atoms with E-state index in [0.29, 0.717) is 11.0 Å². The van der Waals surface area contributed by atoms with Gasteiger partial charge in [0.2, 0.25) is 0 Å². The van der Waals surface area contributed by atoms with Gasteiger partial charge in [0, 0.05) is 11.6 Å². The normalized spacial score (nSPS) is 14.8. The lowest BCUT2D eigenvalue weighted by Crippen LogP contribution is -2.30. The van der Waals surface area contributed by atoms with E-state index in [1.165, 1.54) is 30.7 Å². The molecule has 0 radical (unpaired) electrons. The first-order chi connectivity index (χ1) is 20.3. The number of carbonyl (C=O) groups is 1. The van der Waals surface area contributed by atoms with Gasteiger partial charge in [-0.15, -0.1) is 5.11 Å². The summed E-state index contributed by atoms with van der Waals surface area (Å²) in [5.41, 5.74) is 3.20. The Hall–Kier alpha value is -5.28. The number of allylic oxidation sites excluding steroid dienone is 2. The van der Waals surface area contributed by atoms with Crippen molar-refractivity contribution in [3.63, 3.8) is 0 Å². The molecule has 0 amide bonds. The number of hydrogen-bond donors (Lipinski definition) is 3. The highest BCUT2D eigenvalue weighted by molar-refractivity contribution is 7.86. The number of hydrogen-bond acceptors (Lipinski definition) is 12. The minimum absolute atomic E-state index is 0.0174. The van der Waals surface area contributed by atoms with Gasteiger partial charge in [-0.3, -0.25) is 23.9 Å². The highest BCUT2D eigenvalue weighted by Crippen LogP contribution is 2.37. The number of methoxy groups -OCH3 is 1. The summed E-state index contributed by atoms with van der Waals surface area (Å²) in [7, 11) is -8.05. The van der Waals surface area contributed by atoms with E-state index in [1.807, 2.05) is 6.07 Å². The predicted molar refractivity (Wildman–Crippen MR) is 153 cm³/mol. The molecule has 0 aliphatic carbocycles. The van der Waals surface area contributed by atoms with Gasteiger partial charge in [-0.25, -0.2) is 4.98 Å². The molecule has 3 aromatic carbocycles. The number of azo groups is 1. The summed E-state index contributed by atoms with van der Waals surface area (Å²) in [5, 5.41) is 21.8. The van der Waals surface area contributed by atoms with Crippen molar-refractivity contribution in [2.24, 2.45) is 15.3 Å². The van der Waals surface area contributed by atoms with E-state index in [4.69, 9.17) is 9.29 Å². The quantitative estimate of drug-likeness (QED) is 0.149. The summed E-state index contributed by atoms with van der Waals surface area (Å²) in [5.74, 6) is -0.498. The van der Waals surface area contributed by atoms with Crippen LogP contribution in [0, 0.1) is 11.3 Å². The summed E-state index contributed by atoms with van der Waals surface area (Å²) in [6.07, 6.45) is 0. The van der Waals surface area contributed by atoms with Crippen molar-refractivity contribution in [1.82, 2.24) is 9.55 Å². The van der Waals surface area contributed by atoms with Crippen LogP contribution in [0.2, 0.25) is 0 Å². The lowest BCUT2D eigenvalue weighted by atomic mass is 10.0. The molecule has 2 heterocycles. The van der Waals surface area contributed by atoms with Gasteiger partial charge in [0.05, 0.1) is 34.4 Å². The third-order valence-electron chi connectivity index (χ3n) is 6.29. The van der Waals surface area contributed by atoms with Gasteiger partial charge in [-0.05, 0) is 49.4 Å². The van der Waals surface area contributed by atoms with Crippen LogP contribution in [0.1, 0.15) is 17.5 Å². The molecule has 1 aromatic heterocycles. The Morgan fingerprint density at radius 3 is 2.33 bits per heavy atom. The van der Waals surface area contributed by atoms with E-state index in [2.05, 4.69) is 25.7 Å². The van der Waals surface area contributed by atoms with Crippen LogP contribution in [0.15, 0.2) is 91.4 Å². The third kappa shape index (κ3) is 5.50. The summed E-state index contributed by atoms with van der Waals surface area (Å²) < 4.78 is 72.7. The number of rotatable bonds is 7. The lowest BCUT2D eigenvalue weighted by Gasteiger charge is -2.18. The van der Waals surface area contributed by atoms with Crippen molar-refractivity contribution in [3.05, 3.63) is 72.1 Å². The lowest BCUT2D eigenvalue weighted by molar-refractivity contribution is 0.0992. The van der Waals surface area contributed by atoms with Crippen LogP contribution in [0.5, 0.6) is 5.75 Å². The smallest absolute Gasteiger partial charge is 0.296 e. The fourth-order valence-electron chi connectivity index (χ4n) is 4.22. The number of fused-ring (bicyclic) bond motifs is 3. The molecule has 5 rings (SSSR count). The minimum Gasteiger partial charge on any atom is -0.494 e. The van der Waals surface area contributed by atoms with Crippen LogP contribution >= 0.6 is 0 Å². The molecule has 17 heteroatoms. The number of carbonyl (C=O) groups excluding carboxylic acids is 1. The van der Waals surface area contributed by atoms with E-state index in [-0.39, 0.29) is 50.4 Å². The van der Waals surface area contributed by atoms with Gasteiger partial charge < -0.3 is 4.74 Å². The fourth-order valence-corrected chi connectivity index (χ4v) is 5.34. The summed E-state index contributed by atoms with van der Waals surface area (Å²) in [6, 6.07) is 15.6. The molecule has 4 aromatic rings. The standard InChI is InChI=1S/C26H19N7O8S2/c1-14-17(13-27)25-28-18-5-3-4-6-21(18)33(25)26(34)24(14)32-31-20-11-22(41-2)19(12-23(20)43(38,39)40)30-29-15-7-9-16(10-8-15)42(35,36)37/h3-12,31H,1-2H3,(H,35,36,37)(H,38,39,40)/b30-29-,32-24+.